The summed E-state index contributed by atoms with van der Waals surface area (Å²) in [6.45, 7) is 0. The van der Waals surface area contributed by atoms with Crippen LogP contribution in [-0.2, 0) is 11.2 Å². The molecule has 1 heterocycles. The molecule has 24 heavy (non-hydrogen) atoms. The monoisotopic (exact) mass is 338 g/mol. The highest BCUT2D eigenvalue weighted by Crippen LogP contribution is 2.16. The highest BCUT2D eigenvalue weighted by atomic mass is 32.1. The Kier molecular flexibility index (Phi) is 4.62. The van der Waals surface area contributed by atoms with Crippen molar-refractivity contribution in [2.24, 2.45) is 5.10 Å². The van der Waals surface area contributed by atoms with E-state index >= 15 is 0 Å². The van der Waals surface area contributed by atoms with Gasteiger partial charge >= 0.3 is 0 Å². The third kappa shape index (κ3) is 3.82. The molecule has 1 amide bonds. The van der Waals surface area contributed by atoms with Crippen LogP contribution in [0, 0.1) is 4.77 Å². The summed E-state index contributed by atoms with van der Waals surface area (Å²) in [5.41, 5.74) is 3.44. The molecule has 0 fully saturated rings. The molecule has 7 heteroatoms. The Morgan fingerprint density at radius 1 is 1.17 bits per heavy atom. The molecule has 3 rings (SSSR count). The maximum atomic E-state index is 11.9. The molecule has 0 saturated carbocycles. The molecular formula is C17H14N4O2S. The fourth-order valence-electron chi connectivity index (χ4n) is 2.36. The molecular weight excluding hydrogens is 324 g/mol. The number of rotatable bonds is 4. The number of aromatic nitrogens is 2. The Hall–Kier alpha value is -3.06. The standard InChI is InChI=1S/C17H14N4O2S/c22-15-8-13(19-17(24)20-15)9-16(23)21-18-10-12-6-3-5-11-4-1-2-7-14(11)12/h1-8,10H,9H2,(H,21,23)(H2,19,20,22,24)/b18-10-. The van der Waals surface area contributed by atoms with Gasteiger partial charge in [-0.25, -0.2) is 5.43 Å². The number of fused-ring (bicyclic) bond motifs is 1. The summed E-state index contributed by atoms with van der Waals surface area (Å²) < 4.78 is 0.185. The van der Waals surface area contributed by atoms with Crippen LogP contribution in [0.15, 0.2) is 58.4 Å². The predicted octanol–water partition coefficient (Wildman–Crippen LogP) is 2.28. The summed E-state index contributed by atoms with van der Waals surface area (Å²) in [6.07, 6.45) is 1.58. The quantitative estimate of drug-likeness (QED) is 0.387. The fourth-order valence-corrected chi connectivity index (χ4v) is 2.60. The van der Waals surface area contributed by atoms with Crippen LogP contribution in [0.1, 0.15) is 11.3 Å². The smallest absolute Gasteiger partial charge is 0.251 e. The van der Waals surface area contributed by atoms with Gasteiger partial charge in [-0.15, -0.1) is 0 Å². The van der Waals surface area contributed by atoms with Gasteiger partial charge in [-0.3, -0.25) is 14.6 Å². The number of carbonyl (C=O) groups is 1. The highest BCUT2D eigenvalue weighted by molar-refractivity contribution is 7.71. The molecule has 0 aliphatic rings. The van der Waals surface area contributed by atoms with Gasteiger partial charge in [0.15, 0.2) is 4.77 Å². The van der Waals surface area contributed by atoms with Crippen LogP contribution in [0.3, 0.4) is 0 Å². The van der Waals surface area contributed by atoms with E-state index in [9.17, 15) is 9.59 Å². The predicted molar refractivity (Wildman–Crippen MR) is 95.6 cm³/mol. The van der Waals surface area contributed by atoms with E-state index < -0.39 is 0 Å². The lowest BCUT2D eigenvalue weighted by atomic mass is 10.1. The molecule has 0 saturated heterocycles. The SMILES string of the molecule is O=C(Cc1cc(=O)[nH]c(=S)[nH]1)N/N=C\c1cccc2ccccc12. The zero-order valence-corrected chi connectivity index (χ0v) is 13.4. The highest BCUT2D eigenvalue weighted by Gasteiger charge is 2.04. The lowest BCUT2D eigenvalue weighted by Crippen LogP contribution is -2.21. The van der Waals surface area contributed by atoms with Crippen molar-refractivity contribution >= 4 is 35.1 Å². The van der Waals surface area contributed by atoms with Gasteiger partial charge in [-0.1, -0.05) is 42.5 Å². The van der Waals surface area contributed by atoms with Gasteiger partial charge in [0.25, 0.3) is 5.56 Å². The number of hydrogen-bond acceptors (Lipinski definition) is 4. The summed E-state index contributed by atoms with van der Waals surface area (Å²) >= 11 is 4.86. The van der Waals surface area contributed by atoms with Crippen LogP contribution in [-0.4, -0.2) is 22.1 Å². The Labute approximate surface area is 142 Å². The van der Waals surface area contributed by atoms with E-state index in [0.717, 1.165) is 16.3 Å². The van der Waals surface area contributed by atoms with E-state index in [2.05, 4.69) is 20.5 Å². The van der Waals surface area contributed by atoms with Gasteiger partial charge in [0.05, 0.1) is 12.6 Å². The second kappa shape index (κ2) is 7.01. The van der Waals surface area contributed by atoms with Crippen LogP contribution in [0.5, 0.6) is 0 Å². The van der Waals surface area contributed by atoms with E-state index in [1.54, 1.807) is 6.21 Å². The Balaban J connectivity index is 1.70. The zero-order chi connectivity index (χ0) is 16.9. The first-order chi connectivity index (χ1) is 11.6. The van der Waals surface area contributed by atoms with E-state index in [1.807, 2.05) is 42.5 Å². The fraction of sp³-hybridized carbons (Fsp3) is 0.0588. The van der Waals surface area contributed by atoms with Crippen LogP contribution in [0.4, 0.5) is 0 Å². The van der Waals surface area contributed by atoms with Crippen molar-refractivity contribution in [2.45, 2.75) is 6.42 Å². The first-order valence-corrected chi connectivity index (χ1v) is 7.65. The van der Waals surface area contributed by atoms with Crippen LogP contribution in [0.25, 0.3) is 10.8 Å². The molecule has 0 aliphatic heterocycles. The van der Waals surface area contributed by atoms with E-state index in [0.29, 0.717) is 5.69 Å². The molecule has 6 nitrogen and oxygen atoms in total. The van der Waals surface area contributed by atoms with Crippen molar-refractivity contribution in [1.29, 1.82) is 0 Å². The van der Waals surface area contributed by atoms with Gasteiger partial charge in [0.2, 0.25) is 5.91 Å². The van der Waals surface area contributed by atoms with Gasteiger partial charge in [0.1, 0.15) is 0 Å². The maximum Gasteiger partial charge on any atom is 0.251 e. The van der Waals surface area contributed by atoms with Crippen molar-refractivity contribution in [3.63, 3.8) is 0 Å². The van der Waals surface area contributed by atoms with Crippen molar-refractivity contribution in [1.82, 2.24) is 15.4 Å². The normalized spacial score (nSPS) is 11.0. The van der Waals surface area contributed by atoms with Gasteiger partial charge in [-0.2, -0.15) is 5.10 Å². The summed E-state index contributed by atoms with van der Waals surface area (Å²) in [5.74, 6) is -0.345. The zero-order valence-electron chi connectivity index (χ0n) is 12.6. The molecule has 0 bridgehead atoms. The number of benzene rings is 2. The van der Waals surface area contributed by atoms with Crippen LogP contribution >= 0.6 is 12.2 Å². The number of amides is 1. The lowest BCUT2D eigenvalue weighted by molar-refractivity contribution is -0.120. The summed E-state index contributed by atoms with van der Waals surface area (Å²) in [5, 5.41) is 6.14. The number of hydrogen-bond donors (Lipinski definition) is 3. The van der Waals surface area contributed by atoms with Gasteiger partial charge in [0, 0.05) is 17.3 Å². The van der Waals surface area contributed by atoms with E-state index in [4.69, 9.17) is 12.2 Å². The van der Waals surface area contributed by atoms with Gasteiger partial charge < -0.3 is 4.98 Å². The number of aromatic amines is 2. The van der Waals surface area contributed by atoms with E-state index in [1.165, 1.54) is 6.07 Å². The van der Waals surface area contributed by atoms with Crippen molar-refractivity contribution in [3.05, 3.63) is 74.9 Å². The largest absolute Gasteiger partial charge is 0.335 e. The molecule has 0 aliphatic carbocycles. The first kappa shape index (κ1) is 15.8. The molecule has 2 aromatic carbocycles. The maximum absolute atomic E-state index is 11.9. The Morgan fingerprint density at radius 3 is 2.79 bits per heavy atom. The van der Waals surface area contributed by atoms with Crippen molar-refractivity contribution in [3.8, 4) is 0 Å². The molecule has 0 atom stereocenters. The number of carbonyl (C=O) groups excluding carboxylic acids is 1. The topological polar surface area (TPSA) is 90.1 Å². The first-order valence-electron chi connectivity index (χ1n) is 7.24. The van der Waals surface area contributed by atoms with Crippen LogP contribution < -0.4 is 11.0 Å². The summed E-state index contributed by atoms with van der Waals surface area (Å²) in [7, 11) is 0. The molecule has 1 aromatic heterocycles. The summed E-state index contributed by atoms with van der Waals surface area (Å²) in [4.78, 5) is 28.4. The molecule has 0 radical (unpaired) electrons. The Morgan fingerprint density at radius 2 is 1.96 bits per heavy atom. The molecule has 3 N–H and O–H groups in total. The lowest BCUT2D eigenvalue weighted by Gasteiger charge is -2.02. The number of nitrogens with one attached hydrogen (secondary N) is 3. The van der Waals surface area contributed by atoms with Crippen molar-refractivity contribution < 1.29 is 4.79 Å². The minimum atomic E-state index is -0.346. The Bertz CT molecular complexity index is 1000. The molecule has 0 unspecified atom stereocenters. The third-order valence-electron chi connectivity index (χ3n) is 3.38. The number of nitrogens with zero attached hydrogens (tertiary/aromatic N) is 1. The number of H-pyrrole nitrogens is 2. The average molecular weight is 338 g/mol. The molecule has 3 aromatic rings. The van der Waals surface area contributed by atoms with Crippen molar-refractivity contribution in [2.75, 3.05) is 0 Å². The van der Waals surface area contributed by atoms with Crippen LogP contribution in [0.2, 0.25) is 0 Å². The second-order valence-corrected chi connectivity index (χ2v) is 5.56. The second-order valence-electron chi connectivity index (χ2n) is 5.15. The minimum Gasteiger partial charge on any atom is -0.335 e. The minimum absolute atomic E-state index is 0.0135. The third-order valence-corrected chi connectivity index (χ3v) is 3.59. The molecule has 0 spiro atoms. The summed E-state index contributed by atoms with van der Waals surface area (Å²) in [6, 6.07) is 15.1. The average Bonchev–Trinajstić information content (AvgIpc) is 2.54. The van der Waals surface area contributed by atoms with E-state index in [-0.39, 0.29) is 22.7 Å². The number of hydrazone groups is 1. The van der Waals surface area contributed by atoms with Gasteiger partial charge in [-0.05, 0) is 23.0 Å². The molecule has 120 valence electrons.